The van der Waals surface area contributed by atoms with Crippen LogP contribution in [0.4, 0.5) is 0 Å². The van der Waals surface area contributed by atoms with Crippen LogP contribution in [0.25, 0.3) is 16.8 Å². The quantitative estimate of drug-likeness (QED) is 0.606. The van der Waals surface area contributed by atoms with Crippen molar-refractivity contribution in [2.75, 3.05) is 0 Å². The summed E-state index contributed by atoms with van der Waals surface area (Å²) in [6.07, 6.45) is 3.20. The first kappa shape index (κ1) is 12.7. The van der Waals surface area contributed by atoms with Crippen LogP contribution in [0.5, 0.6) is 0 Å². The third-order valence-corrected chi connectivity index (χ3v) is 2.57. The molecule has 0 fully saturated rings. The molecule has 0 unspecified atom stereocenters. The van der Waals surface area contributed by atoms with E-state index in [-0.39, 0.29) is 20.1 Å². The maximum absolute atomic E-state index is 4.15. The number of hydrogen-bond acceptors (Lipinski definition) is 2. The van der Waals surface area contributed by atoms with E-state index in [0.29, 0.717) is 0 Å². The Hall–Kier alpha value is -1.77. The van der Waals surface area contributed by atoms with E-state index < -0.39 is 0 Å². The maximum atomic E-state index is 4.15. The Morgan fingerprint density at radius 3 is 2.56 bits per heavy atom. The minimum absolute atomic E-state index is 0. The van der Waals surface area contributed by atoms with Crippen molar-refractivity contribution < 1.29 is 20.1 Å². The van der Waals surface area contributed by atoms with Gasteiger partial charge in [0.25, 0.3) is 0 Å². The molecule has 4 heteroatoms. The van der Waals surface area contributed by atoms with Gasteiger partial charge in [-0.2, -0.15) is 29.4 Å². The number of rotatable bonds is 2. The Bertz CT molecular complexity index is 606. The molecule has 0 aliphatic heterocycles. The zero-order chi connectivity index (χ0) is 11.5. The first-order chi connectivity index (χ1) is 8.45. The van der Waals surface area contributed by atoms with E-state index in [2.05, 4.69) is 34.3 Å². The Labute approximate surface area is 119 Å². The van der Waals surface area contributed by atoms with Crippen LogP contribution in [-0.2, 0) is 20.1 Å². The standard InChI is InChI=1S/C14H10N3.Ir/c1-2-6-12(7-3-1)13-8-4-5-9-14(13)17-11-15-10-16-17;/h1-8,10-11H;/q-1;. The molecule has 2 aromatic carbocycles. The van der Waals surface area contributed by atoms with Gasteiger partial charge in [-0.05, 0) is 5.69 Å². The minimum Gasteiger partial charge on any atom is -0.245 e. The SMILES string of the molecule is [Ir].[c-]1cccc(-c2ccccc2)c1-n1cncn1. The van der Waals surface area contributed by atoms with Gasteiger partial charge in [-0.15, -0.1) is 5.56 Å². The summed E-state index contributed by atoms with van der Waals surface area (Å²) < 4.78 is 1.72. The molecule has 0 amide bonds. The molecular formula is C14H10IrN3-. The summed E-state index contributed by atoms with van der Waals surface area (Å²) in [5.74, 6) is 0. The Balaban J connectivity index is 0.00000120. The van der Waals surface area contributed by atoms with Crippen molar-refractivity contribution in [2.45, 2.75) is 0 Å². The molecule has 0 aliphatic carbocycles. The van der Waals surface area contributed by atoms with Gasteiger partial charge in [0.1, 0.15) is 12.7 Å². The van der Waals surface area contributed by atoms with Gasteiger partial charge < -0.3 is 0 Å². The van der Waals surface area contributed by atoms with Crippen molar-refractivity contribution in [1.82, 2.24) is 14.8 Å². The van der Waals surface area contributed by atoms with E-state index in [1.54, 1.807) is 11.0 Å². The van der Waals surface area contributed by atoms with E-state index in [1.165, 1.54) is 6.33 Å². The maximum Gasteiger partial charge on any atom is 0.138 e. The molecule has 0 saturated carbocycles. The van der Waals surface area contributed by atoms with E-state index in [9.17, 15) is 0 Å². The summed E-state index contributed by atoms with van der Waals surface area (Å²) >= 11 is 0. The fourth-order valence-electron chi connectivity index (χ4n) is 1.79. The van der Waals surface area contributed by atoms with Crippen LogP contribution in [0.15, 0.2) is 61.2 Å². The molecule has 1 heterocycles. The topological polar surface area (TPSA) is 30.7 Å². The van der Waals surface area contributed by atoms with Gasteiger partial charge >= 0.3 is 0 Å². The summed E-state index contributed by atoms with van der Waals surface area (Å²) in [4.78, 5) is 3.97. The second-order valence-corrected chi connectivity index (χ2v) is 3.64. The molecule has 0 N–H and O–H groups in total. The summed E-state index contributed by atoms with van der Waals surface area (Å²) in [6, 6.07) is 19.3. The fraction of sp³-hybridized carbons (Fsp3) is 0. The molecular weight excluding hydrogens is 402 g/mol. The molecule has 1 radical (unpaired) electrons. The predicted octanol–water partition coefficient (Wildman–Crippen LogP) is 2.73. The molecule has 1 aromatic heterocycles. The van der Waals surface area contributed by atoms with Crippen molar-refractivity contribution in [1.29, 1.82) is 0 Å². The summed E-state index contributed by atoms with van der Waals surface area (Å²) in [5, 5.41) is 4.15. The normalized spacial score (nSPS) is 9.78. The molecule has 0 aliphatic rings. The molecule has 3 rings (SSSR count). The third-order valence-electron chi connectivity index (χ3n) is 2.57. The summed E-state index contributed by atoms with van der Waals surface area (Å²) in [6.45, 7) is 0. The van der Waals surface area contributed by atoms with Gasteiger partial charge in [0.15, 0.2) is 0 Å². The number of benzene rings is 2. The second-order valence-electron chi connectivity index (χ2n) is 3.64. The van der Waals surface area contributed by atoms with Crippen molar-refractivity contribution in [2.24, 2.45) is 0 Å². The van der Waals surface area contributed by atoms with Crippen molar-refractivity contribution in [3.63, 3.8) is 0 Å². The van der Waals surface area contributed by atoms with Crippen LogP contribution in [0.1, 0.15) is 0 Å². The predicted molar refractivity (Wildman–Crippen MR) is 65.6 cm³/mol. The zero-order valence-electron chi connectivity index (χ0n) is 9.45. The Morgan fingerprint density at radius 1 is 1.00 bits per heavy atom. The number of hydrogen-bond donors (Lipinski definition) is 0. The summed E-state index contributed by atoms with van der Waals surface area (Å²) in [5.41, 5.74) is 3.16. The van der Waals surface area contributed by atoms with Crippen LogP contribution in [0.3, 0.4) is 0 Å². The monoisotopic (exact) mass is 413 g/mol. The average Bonchev–Trinajstić information content (AvgIpc) is 2.94. The fourth-order valence-corrected chi connectivity index (χ4v) is 1.79. The Morgan fingerprint density at radius 2 is 1.83 bits per heavy atom. The molecule has 0 saturated heterocycles. The van der Waals surface area contributed by atoms with E-state index in [1.807, 2.05) is 30.3 Å². The van der Waals surface area contributed by atoms with Crippen molar-refractivity contribution in [3.05, 3.63) is 67.3 Å². The van der Waals surface area contributed by atoms with Gasteiger partial charge in [-0.3, -0.25) is 0 Å². The third kappa shape index (κ3) is 2.40. The number of aromatic nitrogens is 3. The van der Waals surface area contributed by atoms with Crippen LogP contribution >= 0.6 is 0 Å². The molecule has 0 spiro atoms. The van der Waals surface area contributed by atoms with Gasteiger partial charge in [0.2, 0.25) is 0 Å². The molecule has 18 heavy (non-hydrogen) atoms. The molecule has 3 aromatic rings. The molecule has 91 valence electrons. The molecule has 0 atom stereocenters. The molecule has 3 nitrogen and oxygen atoms in total. The van der Waals surface area contributed by atoms with E-state index in [4.69, 9.17) is 0 Å². The van der Waals surface area contributed by atoms with Gasteiger partial charge in [0, 0.05) is 20.1 Å². The largest absolute Gasteiger partial charge is 0.245 e. The first-order valence-corrected chi connectivity index (χ1v) is 5.36. The van der Waals surface area contributed by atoms with E-state index >= 15 is 0 Å². The van der Waals surface area contributed by atoms with Crippen LogP contribution < -0.4 is 0 Å². The van der Waals surface area contributed by atoms with E-state index in [0.717, 1.165) is 16.8 Å². The van der Waals surface area contributed by atoms with Crippen LogP contribution in [0.2, 0.25) is 0 Å². The van der Waals surface area contributed by atoms with Gasteiger partial charge in [-0.1, -0.05) is 35.9 Å². The van der Waals surface area contributed by atoms with Crippen LogP contribution in [0, 0.1) is 6.07 Å². The van der Waals surface area contributed by atoms with Crippen molar-refractivity contribution >= 4 is 0 Å². The zero-order valence-corrected chi connectivity index (χ0v) is 11.8. The van der Waals surface area contributed by atoms with Crippen LogP contribution in [-0.4, -0.2) is 14.8 Å². The van der Waals surface area contributed by atoms with Gasteiger partial charge in [-0.25, -0.2) is 9.67 Å². The Kier molecular flexibility index (Phi) is 4.03. The smallest absolute Gasteiger partial charge is 0.138 e. The second kappa shape index (κ2) is 5.71. The minimum atomic E-state index is 0. The number of nitrogens with zero attached hydrogens (tertiary/aromatic N) is 3. The summed E-state index contributed by atoms with van der Waals surface area (Å²) in [7, 11) is 0. The van der Waals surface area contributed by atoms with Gasteiger partial charge in [0.05, 0.1) is 0 Å². The average molecular weight is 412 g/mol. The number of para-hydroxylation sites is 1. The van der Waals surface area contributed by atoms with Crippen molar-refractivity contribution in [3.8, 4) is 16.8 Å². The first-order valence-electron chi connectivity index (χ1n) is 5.36. The molecule has 0 bridgehead atoms.